The minimum absolute atomic E-state index is 0.207. The van der Waals surface area contributed by atoms with Crippen LogP contribution < -0.4 is 0 Å². The molecule has 0 N–H and O–H groups in total. The Hall–Kier alpha value is -2.28. The fourth-order valence-corrected chi connectivity index (χ4v) is 2.97. The molecule has 0 unspecified atom stereocenters. The molecule has 0 radical (unpaired) electrons. The van der Waals surface area contributed by atoms with Gasteiger partial charge in [-0.05, 0) is 29.8 Å². The average Bonchev–Trinajstić information content (AvgIpc) is 3.33. The molecule has 0 spiro atoms. The molecule has 0 aliphatic carbocycles. The smallest absolute Gasteiger partial charge is 0.290 e. The summed E-state index contributed by atoms with van der Waals surface area (Å²) in [6, 6.07) is 8.83. The minimum atomic E-state index is -0.207. The third kappa shape index (κ3) is 4.91. The van der Waals surface area contributed by atoms with Crippen molar-refractivity contribution in [2.24, 2.45) is 0 Å². The molecule has 0 aliphatic heterocycles. The van der Waals surface area contributed by atoms with Gasteiger partial charge in [-0.2, -0.15) is 0 Å². The molecule has 3 rings (SSSR count). The summed E-state index contributed by atoms with van der Waals surface area (Å²) < 4.78 is 12.3. The van der Waals surface area contributed by atoms with E-state index in [1.54, 1.807) is 36.4 Å². The van der Waals surface area contributed by atoms with Gasteiger partial charge in [0, 0.05) is 32.6 Å². The van der Waals surface area contributed by atoms with E-state index >= 15 is 0 Å². The molecule has 1 aromatic carbocycles. The number of hydrogen-bond donors (Lipinski definition) is 0. The zero-order valence-corrected chi connectivity index (χ0v) is 16.3. The standard InChI is InChI=1S/C19H19Cl2N3O3/c1-26-10-8-24(19(25)17-3-2-9-27-17)13-18-22-6-7-23(18)12-14-4-5-15(20)16(21)11-14/h2-7,9,11H,8,10,12-13H2,1H3. The number of furan rings is 1. The van der Waals surface area contributed by atoms with Crippen LogP contribution in [-0.4, -0.2) is 40.6 Å². The van der Waals surface area contributed by atoms with E-state index < -0.39 is 0 Å². The van der Waals surface area contributed by atoms with Crippen LogP contribution in [0, 0.1) is 0 Å². The molecular weight excluding hydrogens is 389 g/mol. The van der Waals surface area contributed by atoms with Gasteiger partial charge in [0.15, 0.2) is 5.76 Å². The number of methoxy groups -OCH3 is 1. The van der Waals surface area contributed by atoms with E-state index in [1.807, 2.05) is 22.9 Å². The summed E-state index contributed by atoms with van der Waals surface area (Å²) >= 11 is 12.1. The molecule has 0 saturated heterocycles. The molecule has 27 heavy (non-hydrogen) atoms. The Kier molecular flexibility index (Phi) is 6.55. The van der Waals surface area contributed by atoms with Crippen LogP contribution in [-0.2, 0) is 17.8 Å². The highest BCUT2D eigenvalue weighted by Gasteiger charge is 2.20. The maximum Gasteiger partial charge on any atom is 0.290 e. The predicted molar refractivity (Wildman–Crippen MR) is 103 cm³/mol. The number of nitrogens with zero attached hydrogens (tertiary/aromatic N) is 3. The number of amides is 1. The number of hydrogen-bond acceptors (Lipinski definition) is 4. The number of halogens is 2. The summed E-state index contributed by atoms with van der Waals surface area (Å²) in [6.07, 6.45) is 5.05. The molecule has 8 heteroatoms. The first-order valence-corrected chi connectivity index (χ1v) is 9.09. The number of benzene rings is 1. The Morgan fingerprint density at radius 2 is 2.15 bits per heavy atom. The quantitative estimate of drug-likeness (QED) is 0.563. The van der Waals surface area contributed by atoms with Crippen LogP contribution in [0.1, 0.15) is 21.9 Å². The van der Waals surface area contributed by atoms with Crippen molar-refractivity contribution in [3.05, 3.63) is 76.2 Å². The summed E-state index contributed by atoms with van der Waals surface area (Å²) in [5, 5.41) is 1.02. The number of ether oxygens (including phenoxy) is 1. The van der Waals surface area contributed by atoms with Crippen molar-refractivity contribution in [2.45, 2.75) is 13.1 Å². The first-order chi connectivity index (χ1) is 13.1. The molecular formula is C19H19Cl2N3O3. The number of carbonyl (C=O) groups excluding carboxylic acids is 1. The lowest BCUT2D eigenvalue weighted by Gasteiger charge is -2.21. The highest BCUT2D eigenvalue weighted by Crippen LogP contribution is 2.23. The zero-order chi connectivity index (χ0) is 19.2. The molecule has 0 fully saturated rings. The van der Waals surface area contributed by atoms with Crippen LogP contribution >= 0.6 is 23.2 Å². The topological polar surface area (TPSA) is 60.5 Å². The Morgan fingerprint density at radius 3 is 2.85 bits per heavy atom. The molecule has 2 aromatic heterocycles. The molecule has 3 aromatic rings. The molecule has 6 nitrogen and oxygen atoms in total. The second-order valence-corrected chi connectivity index (χ2v) is 6.73. The first kappa shape index (κ1) is 19.5. The monoisotopic (exact) mass is 407 g/mol. The second-order valence-electron chi connectivity index (χ2n) is 5.92. The maximum atomic E-state index is 12.7. The van der Waals surface area contributed by atoms with Gasteiger partial charge in [-0.3, -0.25) is 4.79 Å². The van der Waals surface area contributed by atoms with Crippen molar-refractivity contribution in [1.29, 1.82) is 0 Å². The van der Waals surface area contributed by atoms with Crippen LogP contribution in [0.4, 0.5) is 0 Å². The van der Waals surface area contributed by atoms with Gasteiger partial charge in [0.25, 0.3) is 5.91 Å². The van der Waals surface area contributed by atoms with Crippen molar-refractivity contribution in [3.63, 3.8) is 0 Å². The third-order valence-electron chi connectivity index (χ3n) is 4.06. The van der Waals surface area contributed by atoms with E-state index in [-0.39, 0.29) is 11.7 Å². The fraction of sp³-hybridized carbons (Fsp3) is 0.263. The van der Waals surface area contributed by atoms with Gasteiger partial charge in [-0.1, -0.05) is 29.3 Å². The molecule has 1 amide bonds. The average molecular weight is 408 g/mol. The van der Waals surface area contributed by atoms with Crippen molar-refractivity contribution in [3.8, 4) is 0 Å². The van der Waals surface area contributed by atoms with Crippen molar-refractivity contribution < 1.29 is 13.9 Å². The summed E-state index contributed by atoms with van der Waals surface area (Å²) in [5.74, 6) is 0.826. The number of rotatable bonds is 8. The summed E-state index contributed by atoms with van der Waals surface area (Å²) in [6.45, 7) is 1.74. The van der Waals surface area contributed by atoms with Gasteiger partial charge >= 0.3 is 0 Å². The van der Waals surface area contributed by atoms with E-state index in [0.717, 1.165) is 11.4 Å². The lowest BCUT2D eigenvalue weighted by Crippen LogP contribution is -2.34. The Morgan fingerprint density at radius 1 is 1.30 bits per heavy atom. The third-order valence-corrected chi connectivity index (χ3v) is 4.79. The van der Waals surface area contributed by atoms with Crippen LogP contribution in [0.25, 0.3) is 0 Å². The van der Waals surface area contributed by atoms with E-state index in [2.05, 4.69) is 4.98 Å². The highest BCUT2D eigenvalue weighted by atomic mass is 35.5. The zero-order valence-electron chi connectivity index (χ0n) is 14.8. The van der Waals surface area contributed by atoms with Gasteiger partial charge in [0.1, 0.15) is 5.82 Å². The summed E-state index contributed by atoms with van der Waals surface area (Å²) in [7, 11) is 1.60. The van der Waals surface area contributed by atoms with Crippen LogP contribution in [0.15, 0.2) is 53.4 Å². The largest absolute Gasteiger partial charge is 0.459 e. The Bertz CT molecular complexity index is 894. The first-order valence-electron chi connectivity index (χ1n) is 8.34. The van der Waals surface area contributed by atoms with Crippen LogP contribution in [0.5, 0.6) is 0 Å². The van der Waals surface area contributed by atoms with Gasteiger partial charge in [-0.15, -0.1) is 0 Å². The van der Waals surface area contributed by atoms with Gasteiger partial charge in [0.2, 0.25) is 0 Å². The number of carbonyl (C=O) groups is 1. The van der Waals surface area contributed by atoms with Crippen molar-refractivity contribution >= 4 is 29.1 Å². The molecule has 0 aliphatic rings. The summed E-state index contributed by atoms with van der Waals surface area (Å²) in [5.41, 5.74) is 0.990. The fourth-order valence-electron chi connectivity index (χ4n) is 2.65. The normalized spacial score (nSPS) is 10.9. The second kappa shape index (κ2) is 9.08. The lowest BCUT2D eigenvalue weighted by atomic mass is 10.2. The summed E-state index contributed by atoms with van der Waals surface area (Å²) in [4.78, 5) is 18.7. The predicted octanol–water partition coefficient (Wildman–Crippen LogP) is 4.12. The van der Waals surface area contributed by atoms with E-state index in [0.29, 0.717) is 36.3 Å². The van der Waals surface area contributed by atoms with E-state index in [4.69, 9.17) is 32.4 Å². The molecule has 0 saturated carbocycles. The van der Waals surface area contributed by atoms with Gasteiger partial charge in [-0.25, -0.2) is 4.98 Å². The molecule has 2 heterocycles. The van der Waals surface area contributed by atoms with Crippen molar-refractivity contribution in [1.82, 2.24) is 14.5 Å². The van der Waals surface area contributed by atoms with Crippen molar-refractivity contribution in [2.75, 3.05) is 20.3 Å². The minimum Gasteiger partial charge on any atom is -0.459 e. The van der Waals surface area contributed by atoms with Crippen LogP contribution in [0.3, 0.4) is 0 Å². The Balaban J connectivity index is 1.77. The molecule has 142 valence electrons. The highest BCUT2D eigenvalue weighted by molar-refractivity contribution is 6.42. The SMILES string of the molecule is COCCN(Cc1nccn1Cc1ccc(Cl)c(Cl)c1)C(=O)c1ccco1. The van der Waals surface area contributed by atoms with Gasteiger partial charge < -0.3 is 18.6 Å². The molecule has 0 atom stereocenters. The number of imidazole rings is 1. The van der Waals surface area contributed by atoms with Gasteiger partial charge in [0.05, 0.1) is 29.5 Å². The Labute approximate surface area is 167 Å². The molecule has 0 bridgehead atoms. The number of aromatic nitrogens is 2. The lowest BCUT2D eigenvalue weighted by molar-refractivity contribution is 0.0642. The maximum absolute atomic E-state index is 12.7. The van der Waals surface area contributed by atoms with E-state index in [9.17, 15) is 4.79 Å². The van der Waals surface area contributed by atoms with E-state index in [1.165, 1.54) is 6.26 Å². The van der Waals surface area contributed by atoms with Crippen LogP contribution in [0.2, 0.25) is 10.0 Å².